The van der Waals surface area contributed by atoms with Gasteiger partial charge in [-0.15, -0.1) is 0 Å². The van der Waals surface area contributed by atoms with Crippen molar-refractivity contribution in [3.8, 4) is 0 Å². The summed E-state index contributed by atoms with van der Waals surface area (Å²) in [7, 11) is 0. The average molecular weight is 321 g/mol. The lowest BCUT2D eigenvalue weighted by Crippen LogP contribution is -2.36. The summed E-state index contributed by atoms with van der Waals surface area (Å²) < 4.78 is 0.879. The van der Waals surface area contributed by atoms with Crippen molar-refractivity contribution in [3.05, 3.63) is 21.8 Å². The standard InChI is InChI=1S/C12H19BrClN3/c1-3-12(4-2,7-15)8-17-11-10(14)5-9(13)6-16-11/h5-6H,3-4,7-8,15H2,1-2H3,(H,16,17). The summed E-state index contributed by atoms with van der Waals surface area (Å²) in [6.45, 7) is 5.79. The first-order valence-corrected chi connectivity index (χ1v) is 6.99. The lowest BCUT2D eigenvalue weighted by molar-refractivity contribution is 0.294. The number of rotatable bonds is 6. The van der Waals surface area contributed by atoms with Gasteiger partial charge in [0.15, 0.2) is 0 Å². The Morgan fingerprint density at radius 3 is 2.59 bits per heavy atom. The Morgan fingerprint density at radius 1 is 1.47 bits per heavy atom. The zero-order chi connectivity index (χ0) is 12.9. The Balaban J connectivity index is 2.72. The Morgan fingerprint density at radius 2 is 2.12 bits per heavy atom. The van der Waals surface area contributed by atoms with Gasteiger partial charge in [-0.2, -0.15) is 0 Å². The summed E-state index contributed by atoms with van der Waals surface area (Å²) in [5.41, 5.74) is 5.98. The number of hydrogen-bond donors (Lipinski definition) is 2. The fourth-order valence-electron chi connectivity index (χ4n) is 1.68. The molecular weight excluding hydrogens is 302 g/mol. The van der Waals surface area contributed by atoms with E-state index < -0.39 is 0 Å². The zero-order valence-corrected chi connectivity index (χ0v) is 12.6. The van der Waals surface area contributed by atoms with Gasteiger partial charge in [-0.25, -0.2) is 4.98 Å². The van der Waals surface area contributed by atoms with Crippen LogP contribution in [-0.4, -0.2) is 18.1 Å². The molecule has 1 aromatic heterocycles. The molecule has 0 aliphatic carbocycles. The second-order valence-electron chi connectivity index (χ2n) is 4.25. The summed E-state index contributed by atoms with van der Waals surface area (Å²) in [5, 5.41) is 3.91. The lowest BCUT2D eigenvalue weighted by atomic mass is 9.82. The summed E-state index contributed by atoms with van der Waals surface area (Å²) in [5.74, 6) is 0.717. The van der Waals surface area contributed by atoms with Crippen LogP contribution in [0.15, 0.2) is 16.7 Å². The molecule has 0 aliphatic heterocycles. The van der Waals surface area contributed by atoms with E-state index in [-0.39, 0.29) is 5.41 Å². The molecule has 5 heteroatoms. The molecule has 17 heavy (non-hydrogen) atoms. The quantitative estimate of drug-likeness (QED) is 0.840. The van der Waals surface area contributed by atoms with Gasteiger partial charge in [0.05, 0.1) is 5.02 Å². The number of aromatic nitrogens is 1. The molecule has 1 heterocycles. The maximum Gasteiger partial charge on any atom is 0.144 e. The number of nitrogens with one attached hydrogen (secondary N) is 1. The number of nitrogens with zero attached hydrogens (tertiary/aromatic N) is 1. The zero-order valence-electron chi connectivity index (χ0n) is 10.3. The van der Waals surface area contributed by atoms with Crippen LogP contribution in [0.3, 0.4) is 0 Å². The fraction of sp³-hybridized carbons (Fsp3) is 0.583. The van der Waals surface area contributed by atoms with E-state index in [1.54, 1.807) is 6.20 Å². The molecule has 1 aromatic rings. The second-order valence-corrected chi connectivity index (χ2v) is 5.57. The number of pyridine rings is 1. The van der Waals surface area contributed by atoms with Crippen molar-refractivity contribution in [1.29, 1.82) is 0 Å². The van der Waals surface area contributed by atoms with Gasteiger partial charge in [-0.1, -0.05) is 25.4 Å². The maximum atomic E-state index is 6.10. The second kappa shape index (κ2) is 6.57. The molecule has 96 valence electrons. The van der Waals surface area contributed by atoms with E-state index in [9.17, 15) is 0 Å². The monoisotopic (exact) mass is 319 g/mol. The molecule has 0 atom stereocenters. The van der Waals surface area contributed by atoms with Crippen LogP contribution < -0.4 is 11.1 Å². The van der Waals surface area contributed by atoms with Crippen molar-refractivity contribution < 1.29 is 0 Å². The van der Waals surface area contributed by atoms with E-state index >= 15 is 0 Å². The molecule has 1 rings (SSSR count). The van der Waals surface area contributed by atoms with Gasteiger partial charge in [0.1, 0.15) is 5.82 Å². The first-order chi connectivity index (χ1) is 8.06. The summed E-state index contributed by atoms with van der Waals surface area (Å²) in [6, 6.07) is 1.83. The topological polar surface area (TPSA) is 50.9 Å². The highest BCUT2D eigenvalue weighted by molar-refractivity contribution is 9.10. The Hall–Kier alpha value is -0.320. The largest absolute Gasteiger partial charge is 0.368 e. The van der Waals surface area contributed by atoms with Gasteiger partial charge >= 0.3 is 0 Å². The highest BCUT2D eigenvalue weighted by Crippen LogP contribution is 2.28. The average Bonchev–Trinajstić information content (AvgIpc) is 2.33. The molecule has 0 bridgehead atoms. The third kappa shape index (κ3) is 3.83. The van der Waals surface area contributed by atoms with Crippen LogP contribution in [0.2, 0.25) is 5.02 Å². The molecule has 0 aliphatic rings. The van der Waals surface area contributed by atoms with Crippen molar-refractivity contribution in [1.82, 2.24) is 4.98 Å². The molecule has 0 saturated heterocycles. The van der Waals surface area contributed by atoms with Crippen LogP contribution in [0.1, 0.15) is 26.7 Å². The van der Waals surface area contributed by atoms with Gasteiger partial charge in [-0.05, 0) is 46.8 Å². The van der Waals surface area contributed by atoms with E-state index in [1.165, 1.54) is 0 Å². The molecule has 0 amide bonds. The van der Waals surface area contributed by atoms with E-state index in [4.69, 9.17) is 17.3 Å². The molecule has 0 aromatic carbocycles. The van der Waals surface area contributed by atoms with E-state index in [0.717, 1.165) is 29.7 Å². The number of halogens is 2. The Bertz CT molecular complexity index is 359. The van der Waals surface area contributed by atoms with E-state index in [1.807, 2.05) is 6.07 Å². The third-order valence-electron chi connectivity index (χ3n) is 3.37. The van der Waals surface area contributed by atoms with Gasteiger partial charge in [-0.3, -0.25) is 0 Å². The van der Waals surface area contributed by atoms with Crippen molar-refractivity contribution in [2.45, 2.75) is 26.7 Å². The first-order valence-electron chi connectivity index (χ1n) is 5.82. The number of hydrogen-bond acceptors (Lipinski definition) is 3. The molecule has 3 nitrogen and oxygen atoms in total. The van der Waals surface area contributed by atoms with Crippen molar-refractivity contribution in [2.24, 2.45) is 11.1 Å². The molecule has 0 saturated carbocycles. The Kier molecular flexibility index (Phi) is 5.70. The smallest absolute Gasteiger partial charge is 0.144 e. The summed E-state index contributed by atoms with van der Waals surface area (Å²) >= 11 is 9.43. The first kappa shape index (κ1) is 14.7. The SMILES string of the molecule is CCC(CC)(CN)CNc1ncc(Br)cc1Cl. The molecule has 0 fully saturated rings. The lowest BCUT2D eigenvalue weighted by Gasteiger charge is -2.30. The highest BCUT2D eigenvalue weighted by atomic mass is 79.9. The minimum atomic E-state index is 0.123. The predicted octanol–water partition coefficient (Wildman–Crippen LogP) is 3.67. The predicted molar refractivity (Wildman–Crippen MR) is 77.5 cm³/mol. The van der Waals surface area contributed by atoms with Gasteiger partial charge in [0.2, 0.25) is 0 Å². The van der Waals surface area contributed by atoms with Crippen LogP contribution in [0.25, 0.3) is 0 Å². The summed E-state index contributed by atoms with van der Waals surface area (Å²) in [4.78, 5) is 4.25. The highest BCUT2D eigenvalue weighted by Gasteiger charge is 2.24. The fourth-order valence-corrected chi connectivity index (χ4v) is 2.37. The molecule has 0 radical (unpaired) electrons. The normalized spacial score (nSPS) is 11.6. The molecule has 0 unspecified atom stereocenters. The third-order valence-corrected chi connectivity index (χ3v) is 4.09. The van der Waals surface area contributed by atoms with Crippen LogP contribution in [0.5, 0.6) is 0 Å². The Labute approximate surface area is 116 Å². The summed E-state index contributed by atoms with van der Waals surface area (Å²) in [6.07, 6.45) is 3.82. The van der Waals surface area contributed by atoms with Gasteiger partial charge < -0.3 is 11.1 Å². The van der Waals surface area contributed by atoms with Crippen LogP contribution >= 0.6 is 27.5 Å². The van der Waals surface area contributed by atoms with Crippen molar-refractivity contribution in [2.75, 3.05) is 18.4 Å². The minimum Gasteiger partial charge on any atom is -0.368 e. The van der Waals surface area contributed by atoms with Crippen LogP contribution in [-0.2, 0) is 0 Å². The van der Waals surface area contributed by atoms with Gasteiger partial charge in [0.25, 0.3) is 0 Å². The minimum absolute atomic E-state index is 0.123. The molecular formula is C12H19BrClN3. The number of nitrogens with two attached hydrogens (primary N) is 1. The molecule has 3 N–H and O–H groups in total. The van der Waals surface area contributed by atoms with Gasteiger partial charge in [0, 0.05) is 17.2 Å². The number of anilines is 1. The van der Waals surface area contributed by atoms with Crippen molar-refractivity contribution in [3.63, 3.8) is 0 Å². The maximum absolute atomic E-state index is 6.10. The van der Waals surface area contributed by atoms with Crippen molar-refractivity contribution >= 4 is 33.3 Å². The van der Waals surface area contributed by atoms with Crippen LogP contribution in [0, 0.1) is 5.41 Å². The van der Waals surface area contributed by atoms with E-state index in [2.05, 4.69) is 40.1 Å². The van der Waals surface area contributed by atoms with E-state index in [0.29, 0.717) is 11.6 Å². The molecule has 0 spiro atoms. The van der Waals surface area contributed by atoms with Crippen LogP contribution in [0.4, 0.5) is 5.82 Å².